The molecule has 0 aromatic heterocycles. The van der Waals surface area contributed by atoms with Gasteiger partial charge in [0, 0.05) is 13.0 Å². The maximum Gasteiger partial charge on any atom is 0.223 e. The summed E-state index contributed by atoms with van der Waals surface area (Å²) in [7, 11) is 1.66. The molecule has 2 aromatic carbocycles. The molecule has 1 aliphatic heterocycles. The normalized spacial score (nSPS) is 17.6. The first-order chi connectivity index (χ1) is 11.1. The van der Waals surface area contributed by atoms with Crippen LogP contribution in [0, 0.1) is 13.8 Å². The summed E-state index contributed by atoms with van der Waals surface area (Å²) in [5.41, 5.74) is 4.92. The van der Waals surface area contributed by atoms with E-state index in [4.69, 9.17) is 4.74 Å². The fourth-order valence-corrected chi connectivity index (χ4v) is 3.30. The Labute approximate surface area is 137 Å². The zero-order chi connectivity index (χ0) is 16.4. The lowest BCUT2D eigenvalue weighted by atomic mass is 9.97. The Morgan fingerprint density at radius 1 is 1.13 bits per heavy atom. The van der Waals surface area contributed by atoms with Gasteiger partial charge in [0.2, 0.25) is 5.91 Å². The molecule has 1 atom stereocenters. The molecule has 3 heteroatoms. The van der Waals surface area contributed by atoms with Crippen LogP contribution < -0.4 is 4.74 Å². The van der Waals surface area contributed by atoms with Crippen LogP contribution in [-0.4, -0.2) is 17.9 Å². The van der Waals surface area contributed by atoms with Crippen LogP contribution in [0.1, 0.15) is 41.1 Å². The molecule has 0 radical (unpaired) electrons. The number of carbonyl (C=O) groups excluding carboxylic acids is 1. The van der Waals surface area contributed by atoms with E-state index in [-0.39, 0.29) is 11.9 Å². The summed E-state index contributed by atoms with van der Waals surface area (Å²) in [4.78, 5) is 14.4. The largest absolute Gasteiger partial charge is 0.497 e. The van der Waals surface area contributed by atoms with E-state index in [1.807, 2.05) is 29.2 Å². The number of hydrogen-bond donors (Lipinski definition) is 0. The van der Waals surface area contributed by atoms with Crippen molar-refractivity contribution in [2.45, 2.75) is 39.3 Å². The van der Waals surface area contributed by atoms with Crippen molar-refractivity contribution in [1.82, 2.24) is 4.90 Å². The molecule has 1 amide bonds. The monoisotopic (exact) mass is 309 g/mol. The van der Waals surface area contributed by atoms with Gasteiger partial charge in [-0.05, 0) is 49.1 Å². The Morgan fingerprint density at radius 2 is 1.87 bits per heavy atom. The lowest BCUT2D eigenvalue weighted by molar-refractivity contribution is -0.129. The van der Waals surface area contributed by atoms with Gasteiger partial charge in [0.05, 0.1) is 13.2 Å². The fourth-order valence-electron chi connectivity index (χ4n) is 3.30. The zero-order valence-corrected chi connectivity index (χ0v) is 14.0. The Bertz CT molecular complexity index is 706. The highest BCUT2D eigenvalue weighted by atomic mass is 16.5. The second-order valence-electron chi connectivity index (χ2n) is 6.28. The van der Waals surface area contributed by atoms with E-state index in [9.17, 15) is 4.79 Å². The summed E-state index contributed by atoms with van der Waals surface area (Å²) in [6.45, 7) is 4.89. The van der Waals surface area contributed by atoms with Gasteiger partial charge in [0.1, 0.15) is 5.75 Å². The van der Waals surface area contributed by atoms with Crippen molar-refractivity contribution in [3.05, 3.63) is 64.7 Å². The van der Waals surface area contributed by atoms with Crippen molar-refractivity contribution in [1.29, 1.82) is 0 Å². The van der Waals surface area contributed by atoms with Crippen molar-refractivity contribution >= 4 is 5.91 Å². The van der Waals surface area contributed by atoms with Crippen LogP contribution in [0.4, 0.5) is 0 Å². The summed E-state index contributed by atoms with van der Waals surface area (Å²) in [6, 6.07) is 14.6. The lowest BCUT2D eigenvalue weighted by Gasteiger charge is -2.27. The maximum atomic E-state index is 12.4. The van der Waals surface area contributed by atoms with Crippen LogP contribution in [-0.2, 0) is 11.3 Å². The minimum Gasteiger partial charge on any atom is -0.497 e. The standard InChI is InChI=1S/C20H23NO2/c1-14-4-5-15(2)18(12-14)19-10-11-20(22)21(19)13-16-6-8-17(23-3)9-7-16/h4-9,12,19H,10-11,13H2,1-3H3. The highest BCUT2D eigenvalue weighted by Crippen LogP contribution is 2.36. The van der Waals surface area contributed by atoms with E-state index in [1.165, 1.54) is 16.7 Å². The Balaban J connectivity index is 1.86. The van der Waals surface area contributed by atoms with E-state index in [0.29, 0.717) is 13.0 Å². The third kappa shape index (κ3) is 3.24. The molecule has 1 aliphatic rings. The van der Waals surface area contributed by atoms with Gasteiger partial charge in [-0.2, -0.15) is 0 Å². The van der Waals surface area contributed by atoms with Crippen molar-refractivity contribution < 1.29 is 9.53 Å². The van der Waals surface area contributed by atoms with Crippen LogP contribution in [0.5, 0.6) is 5.75 Å². The first-order valence-electron chi connectivity index (χ1n) is 8.08. The van der Waals surface area contributed by atoms with Crippen LogP contribution in [0.3, 0.4) is 0 Å². The van der Waals surface area contributed by atoms with Gasteiger partial charge in [-0.1, -0.05) is 35.9 Å². The topological polar surface area (TPSA) is 29.5 Å². The predicted octanol–water partition coefficient (Wildman–Crippen LogP) is 4.18. The molecule has 0 N–H and O–H groups in total. The van der Waals surface area contributed by atoms with Crippen molar-refractivity contribution in [3.63, 3.8) is 0 Å². The SMILES string of the molecule is COc1ccc(CN2C(=O)CCC2c2cc(C)ccc2C)cc1. The number of ether oxygens (including phenoxy) is 1. The first-order valence-corrected chi connectivity index (χ1v) is 8.08. The van der Waals surface area contributed by atoms with E-state index < -0.39 is 0 Å². The van der Waals surface area contributed by atoms with Gasteiger partial charge in [0.15, 0.2) is 0 Å². The summed E-state index contributed by atoms with van der Waals surface area (Å²) < 4.78 is 5.20. The van der Waals surface area contributed by atoms with Crippen molar-refractivity contribution in [2.75, 3.05) is 7.11 Å². The average molecular weight is 309 g/mol. The predicted molar refractivity (Wildman–Crippen MR) is 91.4 cm³/mol. The third-order valence-electron chi connectivity index (χ3n) is 4.63. The first kappa shape index (κ1) is 15.6. The Morgan fingerprint density at radius 3 is 2.57 bits per heavy atom. The van der Waals surface area contributed by atoms with Crippen LogP contribution >= 0.6 is 0 Å². The van der Waals surface area contributed by atoms with E-state index >= 15 is 0 Å². The minimum absolute atomic E-state index is 0.185. The van der Waals surface area contributed by atoms with E-state index in [2.05, 4.69) is 32.0 Å². The number of hydrogen-bond acceptors (Lipinski definition) is 2. The molecule has 1 saturated heterocycles. The van der Waals surface area contributed by atoms with Crippen LogP contribution in [0.2, 0.25) is 0 Å². The number of benzene rings is 2. The Kier molecular flexibility index (Phi) is 4.37. The van der Waals surface area contributed by atoms with Gasteiger partial charge in [-0.3, -0.25) is 4.79 Å². The average Bonchev–Trinajstić information content (AvgIpc) is 2.91. The summed E-state index contributed by atoms with van der Waals surface area (Å²) >= 11 is 0. The smallest absolute Gasteiger partial charge is 0.223 e. The quantitative estimate of drug-likeness (QED) is 0.848. The van der Waals surface area contributed by atoms with Crippen LogP contribution in [0.15, 0.2) is 42.5 Å². The van der Waals surface area contributed by atoms with Crippen molar-refractivity contribution in [2.24, 2.45) is 0 Å². The van der Waals surface area contributed by atoms with Crippen molar-refractivity contribution in [3.8, 4) is 5.75 Å². The Hall–Kier alpha value is -2.29. The number of methoxy groups -OCH3 is 1. The lowest BCUT2D eigenvalue weighted by Crippen LogP contribution is -2.27. The fraction of sp³-hybridized carbons (Fsp3) is 0.350. The minimum atomic E-state index is 0.185. The number of likely N-dealkylation sites (tertiary alicyclic amines) is 1. The molecular formula is C20H23NO2. The van der Waals surface area contributed by atoms with Gasteiger partial charge in [0.25, 0.3) is 0 Å². The third-order valence-corrected chi connectivity index (χ3v) is 4.63. The molecule has 2 aromatic rings. The summed E-state index contributed by atoms with van der Waals surface area (Å²) in [6.07, 6.45) is 1.54. The maximum absolute atomic E-state index is 12.4. The second-order valence-corrected chi connectivity index (χ2v) is 6.28. The summed E-state index contributed by atoms with van der Waals surface area (Å²) in [5, 5.41) is 0. The van der Waals surface area contributed by atoms with Gasteiger partial charge >= 0.3 is 0 Å². The molecule has 3 nitrogen and oxygen atoms in total. The molecule has 0 spiro atoms. The highest BCUT2D eigenvalue weighted by Gasteiger charge is 2.32. The number of amides is 1. The molecular weight excluding hydrogens is 286 g/mol. The molecule has 0 saturated carbocycles. The highest BCUT2D eigenvalue weighted by molar-refractivity contribution is 5.79. The molecule has 23 heavy (non-hydrogen) atoms. The molecule has 3 rings (SSSR count). The number of nitrogens with zero attached hydrogens (tertiary/aromatic N) is 1. The number of carbonyl (C=O) groups is 1. The molecule has 1 unspecified atom stereocenters. The zero-order valence-electron chi connectivity index (χ0n) is 14.0. The number of aryl methyl sites for hydroxylation is 2. The molecule has 1 heterocycles. The van der Waals surface area contributed by atoms with Gasteiger partial charge < -0.3 is 9.64 Å². The van der Waals surface area contributed by atoms with Crippen LogP contribution in [0.25, 0.3) is 0 Å². The number of rotatable bonds is 4. The summed E-state index contributed by atoms with van der Waals surface area (Å²) in [5.74, 6) is 1.08. The van der Waals surface area contributed by atoms with Gasteiger partial charge in [-0.15, -0.1) is 0 Å². The molecule has 0 aliphatic carbocycles. The van der Waals surface area contributed by atoms with E-state index in [0.717, 1.165) is 17.7 Å². The second kappa shape index (κ2) is 6.45. The van der Waals surface area contributed by atoms with Gasteiger partial charge in [-0.25, -0.2) is 0 Å². The van der Waals surface area contributed by atoms with E-state index in [1.54, 1.807) is 7.11 Å². The molecule has 1 fully saturated rings. The molecule has 120 valence electrons. The molecule has 0 bridgehead atoms.